The maximum Gasteiger partial charge on any atom is 0.335 e. The van der Waals surface area contributed by atoms with Gasteiger partial charge in [-0.25, -0.2) is 19.7 Å². The van der Waals surface area contributed by atoms with Gasteiger partial charge in [-0.3, -0.25) is 0 Å². The number of carboxylic acid groups (broad SMARTS) is 1. The lowest BCUT2D eigenvalue weighted by Crippen LogP contribution is -2.05. The molecule has 5 rings (SSSR count). The van der Waals surface area contributed by atoms with Gasteiger partial charge in [0.15, 0.2) is 0 Å². The van der Waals surface area contributed by atoms with Gasteiger partial charge in [-0.15, -0.1) is 11.3 Å². The largest absolute Gasteiger partial charge is 0.478 e. The Morgan fingerprint density at radius 1 is 0.857 bits per heavy atom. The van der Waals surface area contributed by atoms with Crippen LogP contribution in [-0.4, -0.2) is 26.0 Å². The van der Waals surface area contributed by atoms with Gasteiger partial charge in [0.2, 0.25) is 5.95 Å². The normalized spacial score (nSPS) is 11.0. The predicted octanol–water partition coefficient (Wildman–Crippen LogP) is 6.27. The van der Waals surface area contributed by atoms with Crippen LogP contribution in [0.1, 0.15) is 44.8 Å². The third-order valence-electron chi connectivity index (χ3n) is 5.69. The average molecular weight is 481 g/mol. The Morgan fingerprint density at radius 2 is 1.60 bits per heavy atom. The first-order valence-electron chi connectivity index (χ1n) is 11.4. The molecule has 2 N–H and O–H groups in total. The number of rotatable bonds is 8. The van der Waals surface area contributed by atoms with Gasteiger partial charge in [0.05, 0.1) is 32.2 Å². The molecule has 2 heterocycles. The number of carboxylic acids is 1. The molecule has 7 heteroatoms. The number of aromatic carboxylic acids is 1. The van der Waals surface area contributed by atoms with Crippen LogP contribution in [0.3, 0.4) is 0 Å². The highest BCUT2D eigenvalue weighted by Gasteiger charge is 2.11. The van der Waals surface area contributed by atoms with E-state index in [0.717, 1.165) is 34.0 Å². The van der Waals surface area contributed by atoms with Gasteiger partial charge in [-0.2, -0.15) is 0 Å². The molecule has 0 spiro atoms. The van der Waals surface area contributed by atoms with Crippen LogP contribution in [0.5, 0.6) is 0 Å². The van der Waals surface area contributed by atoms with Crippen LogP contribution < -0.4 is 5.32 Å². The first kappa shape index (κ1) is 22.7. The second-order valence-corrected chi connectivity index (χ2v) is 9.40. The Hall–Kier alpha value is -4.10. The molecule has 3 aromatic carbocycles. The van der Waals surface area contributed by atoms with E-state index in [-0.39, 0.29) is 5.56 Å². The van der Waals surface area contributed by atoms with E-state index in [2.05, 4.69) is 42.6 Å². The molecule has 2 aromatic heterocycles. The van der Waals surface area contributed by atoms with Gasteiger partial charge >= 0.3 is 5.97 Å². The van der Waals surface area contributed by atoms with Gasteiger partial charge in [-0.1, -0.05) is 43.3 Å². The molecule has 35 heavy (non-hydrogen) atoms. The third kappa shape index (κ3) is 5.53. The molecule has 0 aliphatic carbocycles. The van der Waals surface area contributed by atoms with E-state index in [4.69, 9.17) is 20.1 Å². The summed E-state index contributed by atoms with van der Waals surface area (Å²) in [6, 6.07) is 25.2. The topological polar surface area (TPSA) is 88.0 Å². The van der Waals surface area contributed by atoms with Crippen LogP contribution >= 0.6 is 11.3 Å². The Morgan fingerprint density at radius 3 is 2.31 bits per heavy atom. The van der Waals surface area contributed by atoms with Crippen LogP contribution in [0.4, 0.5) is 11.6 Å². The molecular weight excluding hydrogens is 456 g/mol. The minimum atomic E-state index is -0.957. The highest BCUT2D eigenvalue weighted by molar-refractivity contribution is 7.18. The molecule has 174 valence electrons. The zero-order valence-corrected chi connectivity index (χ0v) is 20.0. The standard InChI is InChI=1S/C28H24N4O2S/c1-2-18-8-13-24-25(15-18)35-26(32-24)17-23-16-22(14-19-6-4-3-5-7-19)30-28(31-23)29-21-11-9-20(10-12-21)27(33)34/h3-13,15-16H,2,14,17H2,1H3,(H,33,34)(H,29,30,31). The molecule has 0 fully saturated rings. The molecule has 0 unspecified atom stereocenters. The highest BCUT2D eigenvalue weighted by Crippen LogP contribution is 2.26. The number of carbonyl (C=O) groups is 1. The van der Waals surface area contributed by atoms with Crippen molar-refractivity contribution < 1.29 is 9.90 Å². The summed E-state index contributed by atoms with van der Waals surface area (Å²) < 4.78 is 1.19. The van der Waals surface area contributed by atoms with Crippen LogP contribution in [-0.2, 0) is 19.3 Å². The van der Waals surface area contributed by atoms with Gasteiger partial charge in [0.1, 0.15) is 0 Å². The van der Waals surface area contributed by atoms with Gasteiger partial charge in [0, 0.05) is 18.5 Å². The van der Waals surface area contributed by atoms with Gasteiger partial charge in [-0.05, 0) is 60.0 Å². The lowest BCUT2D eigenvalue weighted by molar-refractivity contribution is 0.0697. The second-order valence-electron chi connectivity index (χ2n) is 8.28. The zero-order valence-electron chi connectivity index (χ0n) is 19.2. The Labute approximate surface area is 207 Å². The first-order chi connectivity index (χ1) is 17.1. The van der Waals surface area contributed by atoms with E-state index in [1.54, 1.807) is 35.6 Å². The maximum atomic E-state index is 11.2. The number of benzene rings is 3. The first-order valence-corrected chi connectivity index (χ1v) is 12.3. The van der Waals surface area contributed by atoms with E-state index < -0.39 is 5.97 Å². The average Bonchev–Trinajstić information content (AvgIpc) is 3.26. The second kappa shape index (κ2) is 10.0. The fourth-order valence-electron chi connectivity index (χ4n) is 3.89. The van der Waals surface area contributed by atoms with Gasteiger partial charge in [0.25, 0.3) is 0 Å². The molecule has 0 atom stereocenters. The van der Waals surface area contributed by atoms with Crippen LogP contribution in [0.25, 0.3) is 10.2 Å². The summed E-state index contributed by atoms with van der Waals surface area (Å²) in [5, 5.41) is 13.4. The lowest BCUT2D eigenvalue weighted by Gasteiger charge is -2.10. The van der Waals surface area contributed by atoms with Crippen molar-refractivity contribution in [3.8, 4) is 0 Å². The van der Waals surface area contributed by atoms with Crippen molar-refractivity contribution >= 4 is 39.2 Å². The van der Waals surface area contributed by atoms with Crippen molar-refractivity contribution in [3.05, 3.63) is 112 Å². The summed E-state index contributed by atoms with van der Waals surface area (Å²) in [7, 11) is 0. The molecule has 0 radical (unpaired) electrons. The van der Waals surface area contributed by atoms with E-state index in [1.807, 2.05) is 24.3 Å². The molecule has 0 saturated carbocycles. The summed E-state index contributed by atoms with van der Waals surface area (Å²) in [5.74, 6) is -0.479. The molecule has 0 aliphatic rings. The highest BCUT2D eigenvalue weighted by atomic mass is 32.1. The number of hydrogen-bond donors (Lipinski definition) is 2. The van der Waals surface area contributed by atoms with Crippen molar-refractivity contribution in [2.45, 2.75) is 26.2 Å². The summed E-state index contributed by atoms with van der Waals surface area (Å²) in [6.07, 6.45) is 2.29. The number of nitrogens with zero attached hydrogens (tertiary/aromatic N) is 3. The number of aryl methyl sites for hydroxylation is 1. The Bertz CT molecular complexity index is 1480. The molecule has 0 aliphatic heterocycles. The van der Waals surface area contributed by atoms with E-state index in [9.17, 15) is 4.79 Å². The number of hydrogen-bond acceptors (Lipinski definition) is 6. The SMILES string of the molecule is CCc1ccc2nc(Cc3cc(Cc4ccccc4)nc(Nc4ccc(C(=O)O)cc4)n3)sc2c1. The van der Waals surface area contributed by atoms with Crippen molar-refractivity contribution in [2.24, 2.45) is 0 Å². The molecule has 0 saturated heterocycles. The summed E-state index contributed by atoms with van der Waals surface area (Å²) in [6.45, 7) is 2.15. The minimum absolute atomic E-state index is 0.233. The molecule has 0 amide bonds. The van der Waals surface area contributed by atoms with E-state index >= 15 is 0 Å². The molecular formula is C28H24N4O2S. The number of aromatic nitrogens is 3. The van der Waals surface area contributed by atoms with Crippen molar-refractivity contribution in [1.29, 1.82) is 0 Å². The quantitative estimate of drug-likeness (QED) is 0.272. The minimum Gasteiger partial charge on any atom is -0.478 e. The monoisotopic (exact) mass is 480 g/mol. The molecule has 6 nitrogen and oxygen atoms in total. The number of fused-ring (bicyclic) bond motifs is 1. The van der Waals surface area contributed by atoms with Crippen LogP contribution in [0, 0.1) is 0 Å². The fourth-order valence-corrected chi connectivity index (χ4v) is 4.93. The Kier molecular flexibility index (Phi) is 6.50. The number of nitrogens with one attached hydrogen (secondary N) is 1. The van der Waals surface area contributed by atoms with Crippen LogP contribution in [0.15, 0.2) is 78.9 Å². The smallest absolute Gasteiger partial charge is 0.335 e. The molecule has 5 aromatic rings. The number of thiazole rings is 1. The fraction of sp³-hybridized carbons (Fsp3) is 0.143. The summed E-state index contributed by atoms with van der Waals surface area (Å²) >= 11 is 1.70. The Balaban J connectivity index is 1.45. The van der Waals surface area contributed by atoms with Crippen molar-refractivity contribution in [1.82, 2.24) is 15.0 Å². The van der Waals surface area contributed by atoms with Crippen molar-refractivity contribution in [2.75, 3.05) is 5.32 Å². The predicted molar refractivity (Wildman–Crippen MR) is 140 cm³/mol. The van der Waals surface area contributed by atoms with Crippen LogP contribution in [0.2, 0.25) is 0 Å². The summed E-state index contributed by atoms with van der Waals surface area (Å²) in [5.41, 5.74) is 6.23. The van der Waals surface area contributed by atoms with E-state index in [1.165, 1.54) is 15.8 Å². The maximum absolute atomic E-state index is 11.2. The van der Waals surface area contributed by atoms with Gasteiger partial charge < -0.3 is 10.4 Å². The third-order valence-corrected chi connectivity index (χ3v) is 6.70. The number of anilines is 2. The lowest BCUT2D eigenvalue weighted by atomic mass is 10.1. The molecule has 0 bridgehead atoms. The summed E-state index contributed by atoms with van der Waals surface area (Å²) in [4.78, 5) is 25.5. The zero-order chi connectivity index (χ0) is 24.2. The van der Waals surface area contributed by atoms with Crippen molar-refractivity contribution in [3.63, 3.8) is 0 Å². The van der Waals surface area contributed by atoms with E-state index in [0.29, 0.717) is 18.8 Å².